The molecule has 0 aliphatic carbocycles. The van der Waals surface area contributed by atoms with E-state index in [1.165, 1.54) is 17.0 Å². The van der Waals surface area contributed by atoms with Crippen molar-refractivity contribution in [2.75, 3.05) is 31.5 Å². The molecule has 0 saturated carbocycles. The number of piperazine rings is 1. The van der Waals surface area contributed by atoms with E-state index in [0.29, 0.717) is 5.56 Å². The van der Waals surface area contributed by atoms with Gasteiger partial charge in [-0.25, -0.2) is 21.6 Å². The van der Waals surface area contributed by atoms with Crippen LogP contribution in [0.4, 0.5) is 18.9 Å². The molecule has 1 atom stereocenters. The van der Waals surface area contributed by atoms with Crippen molar-refractivity contribution in [3.05, 3.63) is 59.4 Å². The minimum Gasteiger partial charge on any atom is -0.340 e. The van der Waals surface area contributed by atoms with E-state index in [1.807, 2.05) is 0 Å². The Morgan fingerprint density at radius 3 is 2.29 bits per heavy atom. The molecule has 1 saturated heterocycles. The van der Waals surface area contributed by atoms with Crippen LogP contribution in [0.15, 0.2) is 41.3 Å². The standard InChI is InChI=1S/C20H18F3N3O4S/c21-12-4-5-13-14(11-18(27)24-17(13)10-12)20(28)25-6-8-26(9-7-25)31(29,30)19-15(22)2-1-3-16(19)23/h1-5,10,14H,6-9,11H2,(H,24,27). The van der Waals surface area contributed by atoms with E-state index in [4.69, 9.17) is 0 Å². The molecule has 11 heteroatoms. The van der Waals surface area contributed by atoms with Gasteiger partial charge in [0.1, 0.15) is 17.5 Å². The van der Waals surface area contributed by atoms with Crippen LogP contribution < -0.4 is 5.32 Å². The van der Waals surface area contributed by atoms with Crippen LogP contribution in [0.1, 0.15) is 17.9 Å². The Morgan fingerprint density at radius 1 is 1.00 bits per heavy atom. The molecular weight excluding hydrogens is 435 g/mol. The molecule has 31 heavy (non-hydrogen) atoms. The van der Waals surface area contributed by atoms with Crippen LogP contribution in [0.2, 0.25) is 0 Å². The highest BCUT2D eigenvalue weighted by Gasteiger charge is 2.38. The molecule has 1 N–H and O–H groups in total. The summed E-state index contributed by atoms with van der Waals surface area (Å²) >= 11 is 0. The van der Waals surface area contributed by atoms with E-state index >= 15 is 0 Å². The van der Waals surface area contributed by atoms with E-state index in [1.54, 1.807) is 0 Å². The Bertz CT molecular complexity index is 1140. The molecule has 7 nitrogen and oxygen atoms in total. The van der Waals surface area contributed by atoms with E-state index in [2.05, 4.69) is 5.32 Å². The minimum atomic E-state index is -4.42. The van der Waals surface area contributed by atoms with Gasteiger partial charge in [-0.2, -0.15) is 4.31 Å². The molecule has 2 aromatic rings. The lowest BCUT2D eigenvalue weighted by atomic mass is 9.89. The maximum absolute atomic E-state index is 14.0. The molecule has 0 aromatic heterocycles. The molecule has 164 valence electrons. The second-order valence-electron chi connectivity index (χ2n) is 7.32. The first kappa shape index (κ1) is 21.3. The first-order chi connectivity index (χ1) is 14.7. The maximum atomic E-state index is 14.0. The second-order valence-corrected chi connectivity index (χ2v) is 9.19. The first-order valence-corrected chi connectivity index (χ1v) is 10.9. The van der Waals surface area contributed by atoms with Gasteiger partial charge < -0.3 is 10.2 Å². The number of fused-ring (bicyclic) bond motifs is 1. The number of amides is 2. The lowest BCUT2D eigenvalue weighted by Crippen LogP contribution is -2.52. The number of rotatable bonds is 3. The average Bonchev–Trinajstić information content (AvgIpc) is 2.72. The quantitative estimate of drug-likeness (QED) is 0.771. The summed E-state index contributed by atoms with van der Waals surface area (Å²) in [6.45, 7) is -0.334. The Labute approximate surface area is 176 Å². The van der Waals surface area contributed by atoms with Gasteiger partial charge in [-0.05, 0) is 29.8 Å². The number of hydrogen-bond acceptors (Lipinski definition) is 4. The van der Waals surface area contributed by atoms with Crippen LogP contribution in [0.25, 0.3) is 0 Å². The molecule has 0 radical (unpaired) electrons. The predicted molar refractivity (Wildman–Crippen MR) is 104 cm³/mol. The van der Waals surface area contributed by atoms with Gasteiger partial charge in [0.2, 0.25) is 21.8 Å². The van der Waals surface area contributed by atoms with E-state index in [-0.39, 0.29) is 38.3 Å². The van der Waals surface area contributed by atoms with Gasteiger partial charge in [0.25, 0.3) is 0 Å². The molecule has 2 aliphatic rings. The van der Waals surface area contributed by atoms with Crippen molar-refractivity contribution >= 4 is 27.5 Å². The van der Waals surface area contributed by atoms with Gasteiger partial charge in [-0.1, -0.05) is 12.1 Å². The van der Waals surface area contributed by atoms with Gasteiger partial charge in [0, 0.05) is 38.3 Å². The van der Waals surface area contributed by atoms with Crippen LogP contribution in [-0.4, -0.2) is 55.6 Å². The number of nitrogens with one attached hydrogen (secondary N) is 1. The fourth-order valence-electron chi connectivity index (χ4n) is 3.88. The van der Waals surface area contributed by atoms with Gasteiger partial charge in [-0.3, -0.25) is 9.59 Å². The Kier molecular flexibility index (Phi) is 5.48. The number of benzene rings is 2. The molecule has 1 fully saturated rings. The van der Waals surface area contributed by atoms with Crippen LogP contribution in [-0.2, 0) is 19.6 Å². The number of carbonyl (C=O) groups is 2. The zero-order valence-electron chi connectivity index (χ0n) is 16.1. The molecule has 0 bridgehead atoms. The van der Waals surface area contributed by atoms with E-state index in [0.717, 1.165) is 28.6 Å². The van der Waals surface area contributed by atoms with Crippen LogP contribution in [0, 0.1) is 17.5 Å². The summed E-state index contributed by atoms with van der Waals surface area (Å²) in [5, 5.41) is 2.54. The monoisotopic (exact) mass is 453 g/mol. The number of carbonyl (C=O) groups excluding carboxylic acids is 2. The van der Waals surface area contributed by atoms with Gasteiger partial charge in [0.05, 0.1) is 5.92 Å². The number of anilines is 1. The van der Waals surface area contributed by atoms with Crippen molar-refractivity contribution in [2.24, 2.45) is 0 Å². The van der Waals surface area contributed by atoms with Crippen molar-refractivity contribution in [3.63, 3.8) is 0 Å². The van der Waals surface area contributed by atoms with Gasteiger partial charge in [0.15, 0.2) is 4.90 Å². The molecule has 4 rings (SSSR count). The van der Waals surface area contributed by atoms with Crippen molar-refractivity contribution in [1.82, 2.24) is 9.21 Å². The Hall–Kier alpha value is -2.92. The zero-order chi connectivity index (χ0) is 22.3. The summed E-state index contributed by atoms with van der Waals surface area (Å²) < 4.78 is 67.8. The van der Waals surface area contributed by atoms with Crippen LogP contribution in [0.5, 0.6) is 0 Å². The molecular formula is C20H18F3N3O4S. The fourth-order valence-corrected chi connectivity index (χ4v) is 5.42. The topological polar surface area (TPSA) is 86.8 Å². The highest BCUT2D eigenvalue weighted by Crippen LogP contribution is 2.34. The Morgan fingerprint density at radius 2 is 1.65 bits per heavy atom. The maximum Gasteiger partial charge on any atom is 0.249 e. The third kappa shape index (κ3) is 3.90. The normalized spacial score (nSPS) is 19.6. The van der Waals surface area contributed by atoms with Crippen molar-refractivity contribution in [1.29, 1.82) is 0 Å². The third-order valence-electron chi connectivity index (χ3n) is 5.42. The smallest absolute Gasteiger partial charge is 0.249 e. The van der Waals surface area contributed by atoms with Crippen molar-refractivity contribution in [2.45, 2.75) is 17.2 Å². The van der Waals surface area contributed by atoms with Crippen molar-refractivity contribution < 1.29 is 31.2 Å². The summed E-state index contributed by atoms with van der Waals surface area (Å²) in [5.74, 6) is -4.56. The lowest BCUT2D eigenvalue weighted by molar-refractivity contribution is -0.136. The summed E-state index contributed by atoms with van der Waals surface area (Å²) in [4.78, 5) is 25.4. The zero-order valence-corrected chi connectivity index (χ0v) is 17.0. The molecule has 1 unspecified atom stereocenters. The third-order valence-corrected chi connectivity index (χ3v) is 7.37. The number of halogens is 3. The Balaban J connectivity index is 1.51. The summed E-state index contributed by atoms with van der Waals surface area (Å²) in [6.07, 6.45) is -0.115. The summed E-state index contributed by atoms with van der Waals surface area (Å²) in [6, 6.07) is 6.58. The number of sulfonamides is 1. The predicted octanol–water partition coefficient (Wildman–Crippen LogP) is 2.06. The highest BCUT2D eigenvalue weighted by atomic mass is 32.2. The molecule has 0 spiro atoms. The summed E-state index contributed by atoms with van der Waals surface area (Å²) in [5.41, 5.74) is 0.709. The first-order valence-electron chi connectivity index (χ1n) is 9.50. The largest absolute Gasteiger partial charge is 0.340 e. The molecule has 2 aromatic carbocycles. The van der Waals surface area contributed by atoms with Crippen LogP contribution in [0.3, 0.4) is 0 Å². The van der Waals surface area contributed by atoms with Crippen molar-refractivity contribution in [3.8, 4) is 0 Å². The molecule has 2 heterocycles. The molecule has 2 aliphatic heterocycles. The SMILES string of the molecule is O=C1CC(C(=O)N2CCN(S(=O)(=O)c3c(F)cccc3F)CC2)c2ccc(F)cc2N1. The van der Waals surface area contributed by atoms with Gasteiger partial charge in [-0.15, -0.1) is 0 Å². The van der Waals surface area contributed by atoms with Gasteiger partial charge >= 0.3 is 0 Å². The van der Waals surface area contributed by atoms with E-state index < -0.39 is 50.1 Å². The van der Waals surface area contributed by atoms with Crippen LogP contribution >= 0.6 is 0 Å². The average molecular weight is 453 g/mol. The fraction of sp³-hybridized carbons (Fsp3) is 0.300. The number of nitrogens with zero attached hydrogens (tertiary/aromatic N) is 2. The summed E-state index contributed by atoms with van der Waals surface area (Å²) in [7, 11) is -4.42. The highest BCUT2D eigenvalue weighted by molar-refractivity contribution is 7.89. The minimum absolute atomic E-state index is 0.0111. The lowest BCUT2D eigenvalue weighted by Gasteiger charge is -2.36. The number of hydrogen-bond donors (Lipinski definition) is 1. The van der Waals surface area contributed by atoms with E-state index in [9.17, 15) is 31.2 Å². The molecule has 2 amide bonds. The second kappa shape index (κ2) is 7.97.